The van der Waals surface area contributed by atoms with Crippen LogP contribution < -0.4 is 5.32 Å². The van der Waals surface area contributed by atoms with Gasteiger partial charge in [0.05, 0.1) is 5.69 Å². The molecule has 0 radical (unpaired) electrons. The number of hydrogen-bond acceptors (Lipinski definition) is 6. The van der Waals surface area contributed by atoms with E-state index >= 15 is 0 Å². The Morgan fingerprint density at radius 3 is 2.89 bits per heavy atom. The van der Waals surface area contributed by atoms with Crippen molar-refractivity contribution < 1.29 is 19.4 Å². The summed E-state index contributed by atoms with van der Waals surface area (Å²) in [6.45, 7) is 3.44. The van der Waals surface area contributed by atoms with Gasteiger partial charge in [-0.25, -0.2) is 19.6 Å². The average molecular weight is 279 g/mol. The first kappa shape index (κ1) is 13.0. The molecule has 0 fully saturated rings. The van der Waals surface area contributed by atoms with Crippen molar-refractivity contribution in [3.05, 3.63) is 29.9 Å². The Bertz CT molecular complexity index is 652. The van der Waals surface area contributed by atoms with Crippen LogP contribution >= 0.6 is 11.3 Å². The summed E-state index contributed by atoms with van der Waals surface area (Å²) < 4.78 is 4.74. The van der Waals surface area contributed by atoms with E-state index in [0.717, 1.165) is 11.3 Å². The van der Waals surface area contributed by atoms with E-state index in [0.29, 0.717) is 10.3 Å². The lowest BCUT2D eigenvalue weighted by molar-refractivity contribution is 0.0703. The quantitative estimate of drug-likeness (QED) is 0.831. The number of nitrogens with one attached hydrogen (secondary N) is 1. The number of fused-ring (bicyclic) bond motifs is 1. The molecule has 2 N–H and O–H groups in total. The molecule has 0 saturated carbocycles. The fraction of sp³-hybridized carbons (Fsp3) is 0.0909. The number of nitrogens with zero attached hydrogens (tertiary/aromatic N) is 2. The van der Waals surface area contributed by atoms with Gasteiger partial charge < -0.3 is 9.84 Å². The number of aromatic carboxylic acids is 1. The maximum absolute atomic E-state index is 11.5. The van der Waals surface area contributed by atoms with Crippen molar-refractivity contribution >= 4 is 39.4 Å². The van der Waals surface area contributed by atoms with Gasteiger partial charge in [-0.3, -0.25) is 5.32 Å². The third kappa shape index (κ3) is 2.68. The molecule has 8 heteroatoms. The van der Waals surface area contributed by atoms with E-state index in [1.807, 2.05) is 0 Å². The first-order valence-corrected chi connectivity index (χ1v) is 5.96. The Kier molecular flexibility index (Phi) is 3.71. The fourth-order valence-corrected chi connectivity index (χ4v) is 2.26. The van der Waals surface area contributed by atoms with Crippen LogP contribution in [0.5, 0.6) is 0 Å². The second kappa shape index (κ2) is 5.44. The number of anilines is 1. The minimum Gasteiger partial charge on any atom is -0.477 e. The molecular formula is C11H9N3O4S. The summed E-state index contributed by atoms with van der Waals surface area (Å²) in [7, 11) is 0. The number of carboxylic acid groups (broad SMARTS) is 1. The number of carboxylic acids is 1. The summed E-state index contributed by atoms with van der Waals surface area (Å²) in [5.74, 6) is -1.16. The zero-order chi connectivity index (χ0) is 13.8. The fourth-order valence-electron chi connectivity index (χ4n) is 1.37. The lowest BCUT2D eigenvalue weighted by Crippen LogP contribution is -2.15. The molecule has 19 heavy (non-hydrogen) atoms. The number of rotatable bonds is 4. The van der Waals surface area contributed by atoms with Crippen molar-refractivity contribution in [1.82, 2.24) is 9.97 Å². The first-order chi connectivity index (χ1) is 9.13. The molecule has 0 aliphatic rings. The summed E-state index contributed by atoms with van der Waals surface area (Å²) in [6, 6.07) is 0. The number of hydrogen-bond donors (Lipinski definition) is 2. The van der Waals surface area contributed by atoms with E-state index in [-0.39, 0.29) is 17.2 Å². The molecule has 0 saturated heterocycles. The molecule has 0 atom stereocenters. The molecule has 0 aromatic carbocycles. The zero-order valence-electron chi connectivity index (χ0n) is 9.62. The largest absolute Gasteiger partial charge is 0.477 e. The summed E-state index contributed by atoms with van der Waals surface area (Å²) in [6.07, 6.45) is 3.50. The minimum absolute atomic E-state index is 0.0297. The van der Waals surface area contributed by atoms with Crippen LogP contribution in [0.4, 0.5) is 10.5 Å². The van der Waals surface area contributed by atoms with Crippen LogP contribution in [-0.4, -0.2) is 33.7 Å². The molecule has 7 nitrogen and oxygen atoms in total. The van der Waals surface area contributed by atoms with Crippen molar-refractivity contribution in [3.63, 3.8) is 0 Å². The normalized spacial score (nSPS) is 10.1. The van der Waals surface area contributed by atoms with E-state index in [1.165, 1.54) is 18.5 Å². The molecule has 2 aromatic heterocycles. The van der Waals surface area contributed by atoms with E-state index in [2.05, 4.69) is 21.9 Å². The SMILES string of the molecule is C=CCOC(=O)Nc1c(C(=O)O)sc2nccnc12. The molecule has 0 unspecified atom stereocenters. The van der Waals surface area contributed by atoms with Crippen LogP contribution in [-0.2, 0) is 4.74 Å². The maximum Gasteiger partial charge on any atom is 0.412 e. The van der Waals surface area contributed by atoms with Gasteiger partial charge in [-0.1, -0.05) is 12.7 Å². The van der Waals surface area contributed by atoms with E-state index < -0.39 is 12.1 Å². The molecule has 0 spiro atoms. The van der Waals surface area contributed by atoms with Crippen LogP contribution in [0, 0.1) is 0 Å². The van der Waals surface area contributed by atoms with Gasteiger partial charge in [-0.05, 0) is 0 Å². The third-order valence-electron chi connectivity index (χ3n) is 2.08. The van der Waals surface area contributed by atoms with E-state index in [4.69, 9.17) is 9.84 Å². The number of aromatic nitrogens is 2. The van der Waals surface area contributed by atoms with Crippen LogP contribution in [0.3, 0.4) is 0 Å². The molecule has 2 rings (SSSR count). The lowest BCUT2D eigenvalue weighted by Gasteiger charge is -2.04. The highest BCUT2D eigenvalue weighted by molar-refractivity contribution is 7.21. The van der Waals surface area contributed by atoms with Crippen LogP contribution in [0.2, 0.25) is 0 Å². The Labute approximate surface area is 111 Å². The summed E-state index contributed by atoms with van der Waals surface area (Å²) in [5, 5.41) is 11.5. The van der Waals surface area contributed by atoms with Crippen molar-refractivity contribution in [1.29, 1.82) is 0 Å². The Morgan fingerprint density at radius 2 is 2.21 bits per heavy atom. The smallest absolute Gasteiger partial charge is 0.412 e. The molecule has 2 heterocycles. The Balaban J connectivity index is 2.39. The van der Waals surface area contributed by atoms with Gasteiger partial charge in [0.2, 0.25) is 0 Å². The number of carbonyl (C=O) groups excluding carboxylic acids is 1. The van der Waals surface area contributed by atoms with Gasteiger partial charge in [-0.2, -0.15) is 0 Å². The van der Waals surface area contributed by atoms with Gasteiger partial charge in [0, 0.05) is 12.4 Å². The summed E-state index contributed by atoms with van der Waals surface area (Å²) in [4.78, 5) is 31.0. The topological polar surface area (TPSA) is 101 Å². The van der Waals surface area contributed by atoms with E-state index in [1.54, 1.807) is 0 Å². The van der Waals surface area contributed by atoms with Gasteiger partial charge >= 0.3 is 12.1 Å². The van der Waals surface area contributed by atoms with Crippen LogP contribution in [0.15, 0.2) is 25.0 Å². The number of amides is 1. The maximum atomic E-state index is 11.5. The summed E-state index contributed by atoms with van der Waals surface area (Å²) in [5.41, 5.74) is 0.412. The highest BCUT2D eigenvalue weighted by Gasteiger charge is 2.21. The zero-order valence-corrected chi connectivity index (χ0v) is 10.4. The second-order valence-electron chi connectivity index (χ2n) is 3.33. The van der Waals surface area contributed by atoms with Gasteiger partial charge in [-0.15, -0.1) is 11.3 Å². The number of carbonyl (C=O) groups is 2. The molecular weight excluding hydrogens is 270 g/mol. The predicted molar refractivity (Wildman–Crippen MR) is 69.5 cm³/mol. The van der Waals surface area contributed by atoms with E-state index in [9.17, 15) is 9.59 Å². The molecule has 1 amide bonds. The predicted octanol–water partition coefficient (Wildman–Crippen LogP) is 2.12. The first-order valence-electron chi connectivity index (χ1n) is 5.15. The average Bonchev–Trinajstić information content (AvgIpc) is 2.76. The van der Waals surface area contributed by atoms with Crippen molar-refractivity contribution in [2.24, 2.45) is 0 Å². The van der Waals surface area contributed by atoms with Crippen LogP contribution in [0.25, 0.3) is 10.3 Å². The Morgan fingerprint density at radius 1 is 1.47 bits per heavy atom. The monoisotopic (exact) mass is 279 g/mol. The highest BCUT2D eigenvalue weighted by atomic mass is 32.1. The van der Waals surface area contributed by atoms with Gasteiger partial charge in [0.1, 0.15) is 21.8 Å². The molecule has 0 aliphatic carbocycles. The molecule has 2 aromatic rings. The highest BCUT2D eigenvalue weighted by Crippen LogP contribution is 2.32. The summed E-state index contributed by atoms with van der Waals surface area (Å²) >= 11 is 0.934. The van der Waals surface area contributed by atoms with Gasteiger partial charge in [0.25, 0.3) is 0 Å². The molecule has 0 bridgehead atoms. The third-order valence-corrected chi connectivity index (χ3v) is 3.16. The number of thiophene rings is 1. The second-order valence-corrected chi connectivity index (χ2v) is 4.33. The van der Waals surface area contributed by atoms with Crippen molar-refractivity contribution in [2.75, 3.05) is 11.9 Å². The van der Waals surface area contributed by atoms with Crippen LogP contribution in [0.1, 0.15) is 9.67 Å². The number of ether oxygens (including phenoxy) is 1. The van der Waals surface area contributed by atoms with Crippen molar-refractivity contribution in [3.8, 4) is 0 Å². The molecule has 98 valence electrons. The standard InChI is InChI=1S/C11H9N3O4S/c1-2-5-18-11(17)14-6-7-9(13-4-3-12-7)19-8(6)10(15)16/h2-4H,1,5H2,(H,14,17)(H,15,16). The van der Waals surface area contributed by atoms with Crippen molar-refractivity contribution in [2.45, 2.75) is 0 Å². The molecule has 0 aliphatic heterocycles. The minimum atomic E-state index is -1.16. The van der Waals surface area contributed by atoms with Gasteiger partial charge in [0.15, 0.2) is 0 Å². The Hall–Kier alpha value is -2.48. The lowest BCUT2D eigenvalue weighted by atomic mass is 10.3.